The Balaban J connectivity index is 2.11. The Bertz CT molecular complexity index is 394. The van der Waals surface area contributed by atoms with E-state index in [0.717, 1.165) is 11.5 Å². The number of hydrogen-bond donors (Lipinski definition) is 0. The lowest BCUT2D eigenvalue weighted by Gasteiger charge is -1.95. The molecule has 0 bridgehead atoms. The Hall–Kier alpha value is -1.10. The predicted molar refractivity (Wildman–Crippen MR) is 55.2 cm³/mol. The van der Waals surface area contributed by atoms with Crippen LogP contribution in [0.4, 0.5) is 0 Å². The molecule has 2 aromatic rings. The van der Waals surface area contributed by atoms with E-state index in [1.54, 1.807) is 10.9 Å². The molecule has 2 heterocycles. The van der Waals surface area contributed by atoms with Gasteiger partial charge in [0.25, 0.3) is 0 Å². The molecule has 5 heteroatoms. The molecule has 0 saturated heterocycles. The van der Waals surface area contributed by atoms with Crippen LogP contribution >= 0.6 is 15.9 Å². The highest BCUT2D eigenvalue weighted by atomic mass is 79.9. The molecular formula is C9H10BrN3O. The zero-order chi connectivity index (χ0) is 9.97. The summed E-state index contributed by atoms with van der Waals surface area (Å²) in [5.74, 6) is 0.878. The van der Waals surface area contributed by atoms with Gasteiger partial charge in [-0.15, -0.1) is 5.10 Å². The molecule has 0 aliphatic heterocycles. The van der Waals surface area contributed by atoms with Gasteiger partial charge < -0.3 is 4.42 Å². The van der Waals surface area contributed by atoms with Crippen LogP contribution in [0.2, 0.25) is 0 Å². The molecule has 4 nitrogen and oxygen atoms in total. The monoisotopic (exact) mass is 255 g/mol. The highest BCUT2D eigenvalue weighted by Crippen LogP contribution is 2.18. The lowest BCUT2D eigenvalue weighted by molar-refractivity contribution is 0.475. The van der Waals surface area contributed by atoms with Crippen LogP contribution in [0, 0.1) is 0 Å². The van der Waals surface area contributed by atoms with Crippen LogP contribution in [0.5, 0.6) is 0 Å². The zero-order valence-corrected chi connectivity index (χ0v) is 9.31. The molecule has 0 aliphatic carbocycles. The number of furan rings is 1. The lowest BCUT2D eigenvalue weighted by atomic mass is 10.4. The highest BCUT2D eigenvalue weighted by Gasteiger charge is 2.06. The van der Waals surface area contributed by atoms with E-state index in [9.17, 15) is 0 Å². The third-order valence-corrected chi connectivity index (χ3v) is 2.33. The molecule has 2 rings (SSSR count). The summed E-state index contributed by atoms with van der Waals surface area (Å²) >= 11 is 3.43. The molecule has 0 amide bonds. The fraction of sp³-hybridized carbons (Fsp3) is 0.333. The second-order valence-electron chi connectivity index (χ2n) is 3.04. The second kappa shape index (κ2) is 3.96. The van der Waals surface area contributed by atoms with Gasteiger partial charge in [-0.3, -0.25) is 0 Å². The summed E-state index contributed by atoms with van der Waals surface area (Å²) in [6.07, 6.45) is 3.56. The first kappa shape index (κ1) is 9.45. The Morgan fingerprint density at radius 1 is 1.64 bits per heavy atom. The Morgan fingerprint density at radius 2 is 2.50 bits per heavy atom. The molecule has 2 aromatic heterocycles. The summed E-state index contributed by atoms with van der Waals surface area (Å²) in [5.41, 5.74) is 0.927. The minimum absolute atomic E-state index is 0.229. The normalized spacial score (nSPS) is 13.0. The van der Waals surface area contributed by atoms with E-state index in [0.29, 0.717) is 6.54 Å². The van der Waals surface area contributed by atoms with Crippen molar-refractivity contribution in [2.75, 3.05) is 0 Å². The van der Waals surface area contributed by atoms with Crippen molar-refractivity contribution in [3.63, 3.8) is 0 Å². The van der Waals surface area contributed by atoms with Crippen LogP contribution in [0.25, 0.3) is 0 Å². The van der Waals surface area contributed by atoms with Crippen molar-refractivity contribution in [1.29, 1.82) is 0 Å². The third-order valence-electron chi connectivity index (χ3n) is 1.86. The van der Waals surface area contributed by atoms with Gasteiger partial charge in [0.05, 0.1) is 23.0 Å². The summed E-state index contributed by atoms with van der Waals surface area (Å²) in [7, 11) is 0. The molecule has 0 aromatic carbocycles. The van der Waals surface area contributed by atoms with Gasteiger partial charge in [-0.2, -0.15) is 0 Å². The van der Waals surface area contributed by atoms with Crippen molar-refractivity contribution in [2.45, 2.75) is 18.3 Å². The van der Waals surface area contributed by atoms with Gasteiger partial charge >= 0.3 is 0 Å². The first-order valence-corrected chi connectivity index (χ1v) is 5.24. The van der Waals surface area contributed by atoms with Crippen LogP contribution in [-0.4, -0.2) is 15.0 Å². The molecule has 0 fully saturated rings. The molecule has 0 radical (unpaired) electrons. The number of hydrogen-bond acceptors (Lipinski definition) is 3. The molecule has 1 atom stereocenters. The van der Waals surface area contributed by atoms with E-state index in [-0.39, 0.29) is 4.83 Å². The van der Waals surface area contributed by atoms with E-state index < -0.39 is 0 Å². The van der Waals surface area contributed by atoms with Gasteiger partial charge in [-0.05, 0) is 19.1 Å². The molecule has 74 valence electrons. The number of aromatic nitrogens is 3. The van der Waals surface area contributed by atoms with Crippen LogP contribution in [0.15, 0.2) is 29.0 Å². The minimum Gasteiger partial charge on any atom is -0.467 e. The van der Waals surface area contributed by atoms with Crippen molar-refractivity contribution in [3.8, 4) is 0 Å². The highest BCUT2D eigenvalue weighted by molar-refractivity contribution is 9.09. The number of nitrogens with zero attached hydrogens (tertiary/aromatic N) is 3. The molecule has 0 saturated carbocycles. The van der Waals surface area contributed by atoms with E-state index in [1.807, 2.05) is 25.3 Å². The van der Waals surface area contributed by atoms with E-state index in [1.165, 1.54) is 0 Å². The molecule has 14 heavy (non-hydrogen) atoms. The van der Waals surface area contributed by atoms with Gasteiger partial charge in [0.2, 0.25) is 0 Å². The first-order chi connectivity index (χ1) is 6.75. The quantitative estimate of drug-likeness (QED) is 0.792. The van der Waals surface area contributed by atoms with Crippen LogP contribution < -0.4 is 0 Å². The van der Waals surface area contributed by atoms with Crippen LogP contribution in [-0.2, 0) is 6.54 Å². The van der Waals surface area contributed by atoms with Crippen molar-refractivity contribution in [1.82, 2.24) is 15.0 Å². The summed E-state index contributed by atoms with van der Waals surface area (Å²) in [5, 5.41) is 8.01. The summed E-state index contributed by atoms with van der Waals surface area (Å²) in [4.78, 5) is 0.229. The minimum atomic E-state index is 0.229. The van der Waals surface area contributed by atoms with Gasteiger partial charge in [0, 0.05) is 0 Å². The lowest BCUT2D eigenvalue weighted by Crippen LogP contribution is -1.98. The molecule has 0 N–H and O–H groups in total. The van der Waals surface area contributed by atoms with Crippen molar-refractivity contribution >= 4 is 15.9 Å². The maximum absolute atomic E-state index is 5.21. The average molecular weight is 256 g/mol. The molecule has 0 spiro atoms. The number of alkyl halides is 1. The standard InChI is InChI=1S/C9H10BrN3O/c1-7(10)9-6-13(12-11-9)5-8-3-2-4-14-8/h2-4,6-7H,5H2,1H3. The van der Waals surface area contributed by atoms with Gasteiger partial charge in [-0.1, -0.05) is 21.1 Å². The zero-order valence-electron chi connectivity index (χ0n) is 7.72. The summed E-state index contributed by atoms with van der Waals surface area (Å²) in [6, 6.07) is 3.78. The van der Waals surface area contributed by atoms with Crippen molar-refractivity contribution < 1.29 is 4.42 Å². The fourth-order valence-electron chi connectivity index (χ4n) is 1.14. The van der Waals surface area contributed by atoms with E-state index in [2.05, 4.69) is 26.2 Å². The SMILES string of the molecule is CC(Br)c1cn(Cc2ccco2)nn1. The van der Waals surface area contributed by atoms with Gasteiger partial charge in [0.1, 0.15) is 12.3 Å². The third kappa shape index (κ3) is 2.04. The maximum atomic E-state index is 5.21. The second-order valence-corrected chi connectivity index (χ2v) is 4.41. The fourth-order valence-corrected chi connectivity index (χ4v) is 1.34. The van der Waals surface area contributed by atoms with Crippen molar-refractivity contribution in [2.24, 2.45) is 0 Å². The van der Waals surface area contributed by atoms with Crippen LogP contribution in [0.1, 0.15) is 23.2 Å². The maximum Gasteiger partial charge on any atom is 0.125 e. The van der Waals surface area contributed by atoms with E-state index >= 15 is 0 Å². The van der Waals surface area contributed by atoms with E-state index in [4.69, 9.17) is 4.42 Å². The molecule has 0 aliphatic rings. The predicted octanol–water partition coefficient (Wildman–Crippen LogP) is 2.38. The average Bonchev–Trinajstić information content (AvgIpc) is 2.75. The Kier molecular flexibility index (Phi) is 2.67. The number of halogens is 1. The topological polar surface area (TPSA) is 43.9 Å². The Morgan fingerprint density at radius 3 is 3.07 bits per heavy atom. The Labute approximate surface area is 90.0 Å². The van der Waals surface area contributed by atoms with Crippen LogP contribution in [0.3, 0.4) is 0 Å². The first-order valence-electron chi connectivity index (χ1n) is 4.32. The van der Waals surface area contributed by atoms with Gasteiger partial charge in [0.15, 0.2) is 0 Å². The molecular weight excluding hydrogens is 246 g/mol. The molecule has 1 unspecified atom stereocenters. The van der Waals surface area contributed by atoms with Gasteiger partial charge in [-0.25, -0.2) is 4.68 Å². The summed E-state index contributed by atoms with van der Waals surface area (Å²) in [6.45, 7) is 2.64. The largest absolute Gasteiger partial charge is 0.467 e. The number of rotatable bonds is 3. The van der Waals surface area contributed by atoms with Crippen molar-refractivity contribution in [3.05, 3.63) is 36.0 Å². The summed E-state index contributed by atoms with van der Waals surface area (Å²) < 4.78 is 6.96. The smallest absolute Gasteiger partial charge is 0.125 e.